The lowest BCUT2D eigenvalue weighted by Crippen LogP contribution is -2.35. The molecule has 0 unspecified atom stereocenters. The summed E-state index contributed by atoms with van der Waals surface area (Å²) in [6, 6.07) is 11.5. The van der Waals surface area contributed by atoms with Crippen molar-refractivity contribution in [2.24, 2.45) is 0 Å². The number of carbonyl (C=O) groups is 1. The number of H-pyrrole nitrogens is 1. The van der Waals surface area contributed by atoms with Crippen LogP contribution >= 0.6 is 0 Å². The molecule has 0 bridgehead atoms. The first kappa shape index (κ1) is 15.7. The van der Waals surface area contributed by atoms with Crippen LogP contribution in [0.4, 0.5) is 0 Å². The van der Waals surface area contributed by atoms with Crippen molar-refractivity contribution in [3.63, 3.8) is 0 Å². The minimum atomic E-state index is -0.00495. The topological polar surface area (TPSA) is 62.1 Å². The Bertz CT molecular complexity index is 825. The maximum atomic E-state index is 13.4. The highest BCUT2D eigenvalue weighted by Gasteiger charge is 2.30. The maximum Gasteiger partial charge on any atom is 0.255 e. The monoisotopic (exact) mass is 335 g/mol. The van der Waals surface area contributed by atoms with Crippen LogP contribution in [0.3, 0.4) is 0 Å². The number of benzene rings is 1. The normalized spacial score (nSPS) is 18.1. The number of nitrogens with zero attached hydrogens (tertiary/aromatic N) is 2. The van der Waals surface area contributed by atoms with Crippen molar-refractivity contribution in [3.8, 4) is 11.4 Å². The van der Waals surface area contributed by atoms with E-state index in [1.54, 1.807) is 18.7 Å². The number of likely N-dealkylation sites (tertiary alicyclic amines) is 1. The van der Waals surface area contributed by atoms with Gasteiger partial charge in [-0.15, -0.1) is 0 Å². The number of aromatic nitrogens is 2. The van der Waals surface area contributed by atoms with Crippen LogP contribution in [-0.4, -0.2) is 27.3 Å². The van der Waals surface area contributed by atoms with E-state index in [0.29, 0.717) is 11.4 Å². The second kappa shape index (κ2) is 6.97. The van der Waals surface area contributed by atoms with Gasteiger partial charge in [-0.05, 0) is 31.0 Å². The number of imidazole rings is 1. The van der Waals surface area contributed by atoms with Crippen molar-refractivity contribution in [1.29, 1.82) is 0 Å². The van der Waals surface area contributed by atoms with Crippen LogP contribution in [0, 0.1) is 0 Å². The summed E-state index contributed by atoms with van der Waals surface area (Å²) in [4.78, 5) is 22.8. The largest absolute Gasteiger partial charge is 0.467 e. The van der Waals surface area contributed by atoms with E-state index in [9.17, 15) is 4.79 Å². The highest BCUT2D eigenvalue weighted by molar-refractivity contribution is 6.00. The quantitative estimate of drug-likeness (QED) is 0.770. The van der Waals surface area contributed by atoms with Gasteiger partial charge in [0.15, 0.2) is 0 Å². The maximum absolute atomic E-state index is 13.4. The molecule has 0 spiro atoms. The molecule has 128 valence electrons. The van der Waals surface area contributed by atoms with Gasteiger partial charge in [-0.25, -0.2) is 4.98 Å². The Hall–Kier alpha value is -2.82. The summed E-state index contributed by atoms with van der Waals surface area (Å²) in [6.45, 7) is 0.747. The first-order chi connectivity index (χ1) is 12.3. The highest BCUT2D eigenvalue weighted by Crippen LogP contribution is 2.33. The van der Waals surface area contributed by atoms with Crippen LogP contribution in [-0.2, 0) is 0 Å². The second-order valence-electron chi connectivity index (χ2n) is 6.36. The van der Waals surface area contributed by atoms with Crippen molar-refractivity contribution < 1.29 is 9.21 Å². The zero-order valence-electron chi connectivity index (χ0n) is 14.0. The lowest BCUT2D eigenvalue weighted by Gasteiger charge is -2.29. The van der Waals surface area contributed by atoms with E-state index in [1.807, 2.05) is 41.3 Å². The molecule has 25 heavy (non-hydrogen) atoms. The van der Waals surface area contributed by atoms with Gasteiger partial charge in [-0.1, -0.05) is 31.0 Å². The number of hydrogen-bond acceptors (Lipinski definition) is 3. The van der Waals surface area contributed by atoms with Gasteiger partial charge in [0.25, 0.3) is 5.91 Å². The van der Waals surface area contributed by atoms with E-state index in [-0.39, 0.29) is 11.9 Å². The molecule has 5 heteroatoms. The molecule has 0 radical (unpaired) electrons. The van der Waals surface area contributed by atoms with Gasteiger partial charge in [0.2, 0.25) is 0 Å². The van der Waals surface area contributed by atoms with E-state index < -0.39 is 0 Å². The van der Waals surface area contributed by atoms with Gasteiger partial charge in [-0.2, -0.15) is 0 Å². The van der Waals surface area contributed by atoms with Gasteiger partial charge < -0.3 is 14.3 Å². The molecule has 1 saturated heterocycles. The summed E-state index contributed by atoms with van der Waals surface area (Å²) in [6.07, 6.45) is 9.35. The number of rotatable bonds is 3. The van der Waals surface area contributed by atoms with E-state index in [1.165, 1.54) is 0 Å². The third kappa shape index (κ3) is 3.09. The molecule has 1 aromatic carbocycles. The summed E-state index contributed by atoms with van der Waals surface area (Å²) < 4.78 is 5.63. The third-order valence-electron chi connectivity index (χ3n) is 4.80. The Balaban J connectivity index is 1.72. The molecule has 1 N–H and O–H groups in total. The fourth-order valence-electron chi connectivity index (χ4n) is 3.57. The van der Waals surface area contributed by atoms with Crippen molar-refractivity contribution in [3.05, 3.63) is 66.4 Å². The molecule has 3 aromatic rings. The van der Waals surface area contributed by atoms with Crippen LogP contribution < -0.4 is 0 Å². The smallest absolute Gasteiger partial charge is 0.255 e. The predicted molar refractivity (Wildman–Crippen MR) is 95.0 cm³/mol. The molecular formula is C20H21N3O2. The summed E-state index contributed by atoms with van der Waals surface area (Å²) in [7, 11) is 0. The zero-order chi connectivity index (χ0) is 17.1. The molecule has 1 aliphatic heterocycles. The Morgan fingerprint density at radius 1 is 1.16 bits per heavy atom. The van der Waals surface area contributed by atoms with Crippen molar-refractivity contribution in [2.75, 3.05) is 6.54 Å². The Morgan fingerprint density at radius 3 is 2.88 bits per heavy atom. The highest BCUT2D eigenvalue weighted by atomic mass is 16.3. The molecule has 4 rings (SSSR count). The number of hydrogen-bond donors (Lipinski definition) is 1. The molecule has 5 nitrogen and oxygen atoms in total. The van der Waals surface area contributed by atoms with Crippen LogP contribution in [0.2, 0.25) is 0 Å². The SMILES string of the molecule is O=C(c1ccccc1-c1ncc[nH]1)N1CCCCC[C@@H]1c1ccco1. The Morgan fingerprint density at radius 2 is 2.08 bits per heavy atom. The first-order valence-electron chi connectivity index (χ1n) is 8.78. The average molecular weight is 335 g/mol. The van der Waals surface area contributed by atoms with Crippen LogP contribution in [0.15, 0.2) is 59.5 Å². The van der Waals surface area contributed by atoms with Crippen molar-refractivity contribution in [1.82, 2.24) is 14.9 Å². The second-order valence-corrected chi connectivity index (χ2v) is 6.36. The van der Waals surface area contributed by atoms with E-state index in [4.69, 9.17) is 4.42 Å². The molecular weight excluding hydrogens is 314 g/mol. The van der Waals surface area contributed by atoms with Crippen molar-refractivity contribution in [2.45, 2.75) is 31.7 Å². The minimum Gasteiger partial charge on any atom is -0.467 e. The molecule has 1 amide bonds. The predicted octanol–water partition coefficient (Wildman–Crippen LogP) is 4.43. The lowest BCUT2D eigenvalue weighted by molar-refractivity contribution is 0.0659. The van der Waals surface area contributed by atoms with Gasteiger partial charge in [-0.3, -0.25) is 4.79 Å². The number of carbonyl (C=O) groups excluding carboxylic acids is 1. The van der Waals surface area contributed by atoms with Crippen LogP contribution in [0.1, 0.15) is 47.8 Å². The van der Waals surface area contributed by atoms with Crippen molar-refractivity contribution >= 4 is 5.91 Å². The van der Waals surface area contributed by atoms with E-state index in [2.05, 4.69) is 9.97 Å². The summed E-state index contributed by atoms with van der Waals surface area (Å²) >= 11 is 0. The molecule has 1 fully saturated rings. The number of furan rings is 1. The summed E-state index contributed by atoms with van der Waals surface area (Å²) in [5, 5.41) is 0. The minimum absolute atomic E-state index is 0.00495. The Labute approximate surface area is 146 Å². The van der Waals surface area contributed by atoms with E-state index >= 15 is 0 Å². The molecule has 0 saturated carbocycles. The van der Waals surface area contributed by atoms with Gasteiger partial charge in [0.05, 0.1) is 17.9 Å². The lowest BCUT2D eigenvalue weighted by atomic mass is 10.0. The fraction of sp³-hybridized carbons (Fsp3) is 0.300. The molecule has 1 aliphatic rings. The van der Waals surface area contributed by atoms with Crippen LogP contribution in [0.5, 0.6) is 0 Å². The molecule has 0 aliphatic carbocycles. The van der Waals surface area contributed by atoms with Crippen LogP contribution in [0.25, 0.3) is 11.4 Å². The van der Waals surface area contributed by atoms with Gasteiger partial charge in [0, 0.05) is 24.5 Å². The van der Waals surface area contributed by atoms with E-state index in [0.717, 1.165) is 43.6 Å². The zero-order valence-corrected chi connectivity index (χ0v) is 14.0. The molecule has 3 heterocycles. The fourth-order valence-corrected chi connectivity index (χ4v) is 3.57. The molecule has 2 aromatic heterocycles. The third-order valence-corrected chi connectivity index (χ3v) is 4.80. The standard InChI is InChI=1S/C20H21N3O2/c24-20(16-8-4-3-7-15(16)19-21-11-12-22-19)23-13-5-1-2-9-17(23)18-10-6-14-25-18/h3-4,6-8,10-12,14,17H,1-2,5,9,13H2,(H,21,22)/t17-/m1/s1. The first-order valence-corrected chi connectivity index (χ1v) is 8.78. The summed E-state index contributed by atoms with van der Waals surface area (Å²) in [5.41, 5.74) is 1.51. The molecule has 1 atom stereocenters. The number of aromatic amines is 1. The van der Waals surface area contributed by atoms with Gasteiger partial charge >= 0.3 is 0 Å². The number of nitrogens with one attached hydrogen (secondary N) is 1. The Kier molecular flexibility index (Phi) is 4.37. The van der Waals surface area contributed by atoms with Gasteiger partial charge in [0.1, 0.15) is 11.6 Å². The average Bonchev–Trinajstić information content (AvgIpc) is 3.32. The summed E-state index contributed by atoms with van der Waals surface area (Å²) in [5.74, 6) is 1.62. The number of amides is 1.